The first-order valence-corrected chi connectivity index (χ1v) is 14.7. The first kappa shape index (κ1) is 41.6. The molecule has 0 aliphatic carbocycles. The summed E-state index contributed by atoms with van der Waals surface area (Å²) in [5.41, 5.74) is 5.81. The number of hydrogen-bond donors (Lipinski definition) is 1. The molecule has 6 heteroatoms. The van der Waals surface area contributed by atoms with Gasteiger partial charge in [-0.2, -0.15) is 0 Å². The Morgan fingerprint density at radius 3 is 1.59 bits per heavy atom. The summed E-state index contributed by atoms with van der Waals surface area (Å²) in [5.74, 6) is 0.910. The van der Waals surface area contributed by atoms with Gasteiger partial charge < -0.3 is 14.6 Å². The average Bonchev–Trinajstić information content (AvgIpc) is 3.54. The molecule has 0 aliphatic rings. The Balaban J connectivity index is 0. The van der Waals surface area contributed by atoms with Crippen LogP contribution in [0, 0.1) is 13.8 Å². The van der Waals surface area contributed by atoms with Crippen molar-refractivity contribution in [2.45, 2.75) is 27.7 Å². The van der Waals surface area contributed by atoms with E-state index in [1.807, 2.05) is 137 Å². The van der Waals surface area contributed by atoms with Gasteiger partial charge in [0.05, 0.1) is 7.11 Å². The third-order valence-corrected chi connectivity index (χ3v) is 5.25. The van der Waals surface area contributed by atoms with Gasteiger partial charge in [-0.3, -0.25) is 15.0 Å². The van der Waals surface area contributed by atoms with Crippen molar-refractivity contribution in [3.8, 4) is 5.75 Å². The van der Waals surface area contributed by atoms with Crippen molar-refractivity contribution in [2.75, 3.05) is 41.8 Å². The largest absolute Gasteiger partial charge is 0.496 e. The van der Waals surface area contributed by atoms with Crippen LogP contribution >= 0.6 is 0 Å². The number of methoxy groups -OCH3 is 1. The third kappa shape index (κ3) is 23.1. The zero-order chi connectivity index (χ0) is 33.4. The molecule has 1 aromatic heterocycles. The number of benzene rings is 3. The summed E-state index contributed by atoms with van der Waals surface area (Å²) in [6, 6.07) is 28.3. The maximum absolute atomic E-state index is 5.17. The molecule has 4 aromatic rings. The Hall–Kier alpha value is -4.55. The van der Waals surface area contributed by atoms with Crippen molar-refractivity contribution in [3.05, 3.63) is 138 Å². The van der Waals surface area contributed by atoms with E-state index in [0.717, 1.165) is 34.5 Å². The Kier molecular flexibility index (Phi) is 28.3. The van der Waals surface area contributed by atoms with Gasteiger partial charge in [0, 0.05) is 65.8 Å². The second-order valence-corrected chi connectivity index (χ2v) is 8.91. The lowest BCUT2D eigenvalue weighted by Gasteiger charge is -2.04. The van der Waals surface area contributed by atoms with Crippen LogP contribution in [0.15, 0.2) is 125 Å². The van der Waals surface area contributed by atoms with Gasteiger partial charge >= 0.3 is 0 Å². The summed E-state index contributed by atoms with van der Waals surface area (Å²) in [6.45, 7) is 12.5. The van der Waals surface area contributed by atoms with Crippen molar-refractivity contribution in [1.82, 2.24) is 9.88 Å². The molecule has 238 valence electrons. The predicted molar refractivity (Wildman–Crippen MR) is 197 cm³/mol. The summed E-state index contributed by atoms with van der Waals surface area (Å²) in [6.07, 6.45) is 11.3. The molecular formula is C38H55N5O. The zero-order valence-electron chi connectivity index (χ0n) is 28.7. The number of ether oxygens (including phenoxy) is 1. The molecule has 0 saturated carbocycles. The fourth-order valence-electron chi connectivity index (χ4n) is 3.12. The minimum absolute atomic E-state index is 0.903. The number of nitrogens with one attached hydrogen (secondary N) is 1. The fraction of sp³-hybridized carbons (Fsp3) is 0.289. The highest BCUT2D eigenvalue weighted by Crippen LogP contribution is 2.17. The van der Waals surface area contributed by atoms with Crippen molar-refractivity contribution >= 4 is 18.6 Å². The summed E-state index contributed by atoms with van der Waals surface area (Å²) >= 11 is 0. The summed E-state index contributed by atoms with van der Waals surface area (Å²) < 4.78 is 7.17. The Labute approximate surface area is 268 Å². The molecule has 0 fully saturated rings. The van der Waals surface area contributed by atoms with E-state index in [1.165, 1.54) is 5.56 Å². The van der Waals surface area contributed by atoms with Crippen molar-refractivity contribution in [2.24, 2.45) is 22.0 Å². The van der Waals surface area contributed by atoms with E-state index in [9.17, 15) is 0 Å². The minimum Gasteiger partial charge on any atom is -0.496 e. The molecule has 0 aliphatic heterocycles. The SMILES string of the molecule is C=CCNC.CC.CN=Cc1ccc(C)c(OC)c1.CN=Cc1ccc(C)cc1.CN=Cc1ccccc1.Cn1cccc1. The molecule has 0 atom stereocenters. The Morgan fingerprint density at radius 1 is 0.727 bits per heavy atom. The van der Waals surface area contributed by atoms with E-state index in [0.29, 0.717) is 0 Å². The monoisotopic (exact) mass is 597 g/mol. The lowest BCUT2D eigenvalue weighted by molar-refractivity contribution is 0.411. The first-order valence-electron chi connectivity index (χ1n) is 14.7. The fourth-order valence-corrected chi connectivity index (χ4v) is 3.12. The third-order valence-electron chi connectivity index (χ3n) is 5.25. The quantitative estimate of drug-likeness (QED) is 0.180. The predicted octanol–water partition coefficient (Wildman–Crippen LogP) is 8.27. The average molecular weight is 598 g/mol. The number of hydrogen-bond acceptors (Lipinski definition) is 5. The summed E-state index contributed by atoms with van der Waals surface area (Å²) in [7, 11) is 10.9. The summed E-state index contributed by atoms with van der Waals surface area (Å²) in [4.78, 5) is 11.7. The second-order valence-electron chi connectivity index (χ2n) is 8.91. The van der Waals surface area contributed by atoms with Crippen LogP contribution in [0.25, 0.3) is 0 Å². The van der Waals surface area contributed by atoms with Gasteiger partial charge in [0.25, 0.3) is 0 Å². The maximum atomic E-state index is 5.17. The normalized spacial score (nSPS) is 9.59. The summed E-state index contributed by atoms with van der Waals surface area (Å²) in [5, 5.41) is 2.90. The number of aryl methyl sites for hydroxylation is 3. The lowest BCUT2D eigenvalue weighted by atomic mass is 10.1. The van der Waals surface area contributed by atoms with Crippen LogP contribution in [0.4, 0.5) is 0 Å². The second kappa shape index (κ2) is 29.9. The number of likely N-dealkylation sites (N-methyl/N-ethyl adjacent to an activating group) is 1. The van der Waals surface area contributed by atoms with E-state index in [-0.39, 0.29) is 0 Å². The standard InChI is InChI=1S/C10H13NO.C9H11N.C8H9N.C5H7N.C4H9N.C2H6/c1-8-4-5-9(7-11-2)6-10(8)12-3;1-8-3-5-9(6-4-8)7-10-2;1-9-7-8-5-3-2-4-6-8;1-6-4-2-3-5-6;1-3-4-5-2;1-2/h4-7H,1-3H3;3-7H,1-2H3;2-7H,1H3;2-5H,1H3;3,5H,1,4H2,2H3;1-2H3. The van der Waals surface area contributed by atoms with Crippen LogP contribution in [0.1, 0.15) is 41.7 Å². The van der Waals surface area contributed by atoms with E-state index in [1.54, 1.807) is 28.3 Å². The van der Waals surface area contributed by atoms with Crippen LogP contribution in [-0.2, 0) is 7.05 Å². The maximum Gasteiger partial charge on any atom is 0.122 e. The molecule has 0 radical (unpaired) electrons. The van der Waals surface area contributed by atoms with Gasteiger partial charge in [-0.05, 0) is 61.3 Å². The number of aromatic nitrogens is 1. The lowest BCUT2D eigenvalue weighted by Crippen LogP contribution is -2.02. The van der Waals surface area contributed by atoms with Gasteiger partial charge in [-0.25, -0.2) is 0 Å². The van der Waals surface area contributed by atoms with Gasteiger partial charge in [-0.15, -0.1) is 6.58 Å². The molecular weight excluding hydrogens is 542 g/mol. The smallest absolute Gasteiger partial charge is 0.122 e. The molecule has 1 heterocycles. The molecule has 0 saturated heterocycles. The van der Waals surface area contributed by atoms with E-state index < -0.39 is 0 Å². The number of aliphatic imine (C=N–C) groups is 3. The van der Waals surface area contributed by atoms with Crippen LogP contribution < -0.4 is 10.1 Å². The molecule has 3 aromatic carbocycles. The van der Waals surface area contributed by atoms with Crippen LogP contribution in [-0.4, -0.2) is 65.1 Å². The van der Waals surface area contributed by atoms with Crippen LogP contribution in [0.2, 0.25) is 0 Å². The molecule has 44 heavy (non-hydrogen) atoms. The highest BCUT2D eigenvalue weighted by Gasteiger charge is 1.97. The highest BCUT2D eigenvalue weighted by atomic mass is 16.5. The minimum atomic E-state index is 0.903. The zero-order valence-corrected chi connectivity index (χ0v) is 28.7. The van der Waals surface area contributed by atoms with Gasteiger partial charge in [0.15, 0.2) is 0 Å². The van der Waals surface area contributed by atoms with Gasteiger partial charge in [0.1, 0.15) is 5.75 Å². The van der Waals surface area contributed by atoms with Crippen molar-refractivity contribution in [1.29, 1.82) is 0 Å². The molecule has 0 amide bonds. The van der Waals surface area contributed by atoms with Crippen molar-refractivity contribution in [3.63, 3.8) is 0 Å². The van der Waals surface area contributed by atoms with E-state index in [2.05, 4.69) is 58.1 Å². The molecule has 0 bridgehead atoms. The Morgan fingerprint density at radius 2 is 1.20 bits per heavy atom. The van der Waals surface area contributed by atoms with Crippen LogP contribution in [0.3, 0.4) is 0 Å². The number of rotatable bonds is 6. The van der Waals surface area contributed by atoms with Gasteiger partial charge in [0.2, 0.25) is 0 Å². The van der Waals surface area contributed by atoms with E-state index in [4.69, 9.17) is 4.74 Å². The Bertz CT molecular complexity index is 1280. The number of nitrogens with zero attached hydrogens (tertiary/aromatic N) is 4. The molecule has 0 spiro atoms. The molecule has 0 unspecified atom stereocenters. The molecule has 4 rings (SSSR count). The molecule has 6 nitrogen and oxygen atoms in total. The van der Waals surface area contributed by atoms with E-state index >= 15 is 0 Å². The molecule has 1 N–H and O–H groups in total. The van der Waals surface area contributed by atoms with Gasteiger partial charge in [-0.1, -0.05) is 92.2 Å². The van der Waals surface area contributed by atoms with Crippen LogP contribution in [0.5, 0.6) is 5.75 Å². The first-order chi connectivity index (χ1) is 21.3. The highest BCUT2D eigenvalue weighted by molar-refractivity contribution is 5.80. The van der Waals surface area contributed by atoms with Crippen molar-refractivity contribution < 1.29 is 4.74 Å². The topological polar surface area (TPSA) is 63.3 Å².